The quantitative estimate of drug-likeness (QED) is 0.778. The van der Waals surface area contributed by atoms with E-state index in [0.717, 1.165) is 11.3 Å². The topological polar surface area (TPSA) is 76.9 Å². The number of rotatable bonds is 5. The third-order valence-corrected chi connectivity index (χ3v) is 5.25. The van der Waals surface area contributed by atoms with Crippen molar-refractivity contribution in [2.75, 3.05) is 4.72 Å². The summed E-state index contributed by atoms with van der Waals surface area (Å²) in [6.45, 7) is 2.33. The van der Waals surface area contributed by atoms with Gasteiger partial charge >= 0.3 is 0 Å². The van der Waals surface area contributed by atoms with Crippen molar-refractivity contribution in [3.8, 4) is 0 Å². The number of nitrogens with one attached hydrogen (secondary N) is 1. The van der Waals surface area contributed by atoms with Crippen molar-refractivity contribution in [3.05, 3.63) is 59.4 Å². The Morgan fingerprint density at radius 3 is 2.73 bits per heavy atom. The molecule has 2 aromatic heterocycles. The van der Waals surface area contributed by atoms with E-state index in [9.17, 15) is 8.42 Å². The second kappa shape index (κ2) is 5.90. The summed E-state index contributed by atoms with van der Waals surface area (Å²) >= 11 is 1.25. The fourth-order valence-corrected chi connectivity index (χ4v) is 3.81. The summed E-state index contributed by atoms with van der Waals surface area (Å²) in [7, 11) is -3.66. The van der Waals surface area contributed by atoms with E-state index in [0.29, 0.717) is 11.7 Å². The van der Waals surface area contributed by atoms with Crippen LogP contribution in [0.1, 0.15) is 11.3 Å². The van der Waals surface area contributed by atoms with Crippen LogP contribution < -0.4 is 4.72 Å². The molecule has 6 nitrogen and oxygen atoms in total. The molecule has 0 aliphatic carbocycles. The summed E-state index contributed by atoms with van der Waals surface area (Å²) in [6, 6.07) is 9.73. The highest BCUT2D eigenvalue weighted by Crippen LogP contribution is 2.19. The van der Waals surface area contributed by atoms with Crippen molar-refractivity contribution >= 4 is 26.5 Å². The standard InChI is InChI=1S/C14H14N4O2S2/c1-11-10-21-14(16-11)17-22(19,20)13-7-15-18(9-13)8-12-5-3-2-4-6-12/h2-7,9-10H,8H2,1H3,(H,16,17). The van der Waals surface area contributed by atoms with Crippen LogP contribution >= 0.6 is 11.3 Å². The molecule has 3 aromatic rings. The van der Waals surface area contributed by atoms with Gasteiger partial charge in [-0.1, -0.05) is 30.3 Å². The molecule has 0 amide bonds. The molecule has 0 fully saturated rings. The maximum Gasteiger partial charge on any atom is 0.266 e. The monoisotopic (exact) mass is 334 g/mol. The maximum atomic E-state index is 12.3. The summed E-state index contributed by atoms with van der Waals surface area (Å²) in [6.07, 6.45) is 2.85. The van der Waals surface area contributed by atoms with Gasteiger partial charge in [-0.05, 0) is 12.5 Å². The zero-order valence-electron chi connectivity index (χ0n) is 11.8. The van der Waals surface area contributed by atoms with E-state index in [4.69, 9.17) is 0 Å². The maximum absolute atomic E-state index is 12.3. The third-order valence-electron chi connectivity index (χ3n) is 2.95. The zero-order valence-corrected chi connectivity index (χ0v) is 13.4. The van der Waals surface area contributed by atoms with E-state index in [2.05, 4.69) is 14.8 Å². The van der Waals surface area contributed by atoms with Gasteiger partial charge in [0.05, 0.1) is 18.4 Å². The fourth-order valence-electron chi connectivity index (χ4n) is 1.92. The largest absolute Gasteiger partial charge is 0.267 e. The van der Waals surface area contributed by atoms with Crippen LogP contribution in [-0.2, 0) is 16.6 Å². The van der Waals surface area contributed by atoms with Crippen molar-refractivity contribution < 1.29 is 8.42 Å². The average molecular weight is 334 g/mol. The van der Waals surface area contributed by atoms with Crippen LogP contribution in [0.5, 0.6) is 0 Å². The van der Waals surface area contributed by atoms with E-state index < -0.39 is 10.0 Å². The van der Waals surface area contributed by atoms with Gasteiger partial charge in [-0.15, -0.1) is 11.3 Å². The summed E-state index contributed by atoms with van der Waals surface area (Å²) in [4.78, 5) is 4.22. The lowest BCUT2D eigenvalue weighted by atomic mass is 10.2. The molecule has 0 radical (unpaired) electrons. The number of aryl methyl sites for hydroxylation is 1. The predicted molar refractivity (Wildman–Crippen MR) is 85.4 cm³/mol. The van der Waals surface area contributed by atoms with Crippen LogP contribution in [0.4, 0.5) is 5.13 Å². The Bertz CT molecular complexity index is 869. The van der Waals surface area contributed by atoms with Gasteiger partial charge < -0.3 is 0 Å². The molecule has 0 saturated carbocycles. The molecule has 1 aromatic carbocycles. The van der Waals surface area contributed by atoms with E-state index in [1.807, 2.05) is 37.3 Å². The summed E-state index contributed by atoms with van der Waals surface area (Å²) in [5, 5.41) is 6.25. The normalized spacial score (nSPS) is 11.5. The second-order valence-electron chi connectivity index (χ2n) is 4.76. The number of hydrogen-bond donors (Lipinski definition) is 1. The summed E-state index contributed by atoms with van der Waals surface area (Å²) < 4.78 is 28.6. The van der Waals surface area contributed by atoms with Gasteiger partial charge in [0.2, 0.25) is 0 Å². The Kier molecular flexibility index (Phi) is 3.95. The summed E-state index contributed by atoms with van der Waals surface area (Å²) in [5.41, 5.74) is 1.83. The van der Waals surface area contributed by atoms with Crippen LogP contribution in [0.3, 0.4) is 0 Å². The number of aromatic nitrogens is 3. The van der Waals surface area contributed by atoms with E-state index in [1.165, 1.54) is 23.7 Å². The molecule has 3 rings (SSSR count). The molecule has 22 heavy (non-hydrogen) atoms. The first-order valence-electron chi connectivity index (χ1n) is 6.54. The van der Waals surface area contributed by atoms with Gasteiger partial charge in [0.1, 0.15) is 4.90 Å². The molecule has 2 heterocycles. The summed E-state index contributed by atoms with van der Waals surface area (Å²) in [5.74, 6) is 0. The van der Waals surface area contributed by atoms with Crippen LogP contribution in [0.2, 0.25) is 0 Å². The molecule has 0 atom stereocenters. The van der Waals surface area contributed by atoms with Gasteiger partial charge in [-0.3, -0.25) is 9.40 Å². The van der Waals surface area contributed by atoms with Gasteiger partial charge in [0, 0.05) is 11.6 Å². The highest BCUT2D eigenvalue weighted by atomic mass is 32.2. The van der Waals surface area contributed by atoms with E-state index in [1.54, 1.807) is 10.1 Å². The molecule has 0 aliphatic rings. The lowest BCUT2D eigenvalue weighted by Gasteiger charge is -2.02. The molecule has 8 heteroatoms. The first-order chi connectivity index (χ1) is 10.5. The average Bonchev–Trinajstić information content (AvgIpc) is 3.09. The highest BCUT2D eigenvalue weighted by molar-refractivity contribution is 7.93. The molecule has 0 aliphatic heterocycles. The van der Waals surface area contributed by atoms with E-state index in [-0.39, 0.29) is 4.90 Å². The van der Waals surface area contributed by atoms with Crippen molar-refractivity contribution in [1.82, 2.24) is 14.8 Å². The fraction of sp³-hybridized carbons (Fsp3) is 0.143. The molecule has 0 spiro atoms. The van der Waals surface area contributed by atoms with Crippen molar-refractivity contribution in [1.29, 1.82) is 0 Å². The van der Waals surface area contributed by atoms with E-state index >= 15 is 0 Å². The first-order valence-corrected chi connectivity index (χ1v) is 8.90. The smallest absolute Gasteiger partial charge is 0.266 e. The molecule has 0 bridgehead atoms. The molecule has 0 saturated heterocycles. The van der Waals surface area contributed by atoms with Gasteiger partial charge in [-0.25, -0.2) is 13.4 Å². The van der Waals surface area contributed by atoms with Gasteiger partial charge in [0.15, 0.2) is 5.13 Å². The van der Waals surface area contributed by atoms with Crippen LogP contribution in [0.15, 0.2) is 53.0 Å². The molecular weight excluding hydrogens is 320 g/mol. The Morgan fingerprint density at radius 2 is 2.05 bits per heavy atom. The lowest BCUT2D eigenvalue weighted by molar-refractivity contribution is 0.600. The number of sulfonamides is 1. The Morgan fingerprint density at radius 1 is 1.27 bits per heavy atom. The second-order valence-corrected chi connectivity index (χ2v) is 7.30. The Hall–Kier alpha value is -2.19. The van der Waals surface area contributed by atoms with Gasteiger partial charge in [-0.2, -0.15) is 5.10 Å². The van der Waals surface area contributed by atoms with Gasteiger partial charge in [0.25, 0.3) is 10.0 Å². The number of anilines is 1. The zero-order chi connectivity index (χ0) is 15.6. The predicted octanol–water partition coefficient (Wildman–Crippen LogP) is 2.50. The SMILES string of the molecule is Cc1csc(NS(=O)(=O)c2cnn(Cc3ccccc3)c2)n1. The third kappa shape index (κ3) is 3.34. The Balaban J connectivity index is 1.77. The van der Waals surface area contributed by atoms with Crippen molar-refractivity contribution in [3.63, 3.8) is 0 Å². The number of benzene rings is 1. The lowest BCUT2D eigenvalue weighted by Crippen LogP contribution is -2.12. The number of hydrogen-bond acceptors (Lipinski definition) is 5. The minimum atomic E-state index is -3.66. The molecule has 0 unspecified atom stereocenters. The first kappa shape index (κ1) is 14.7. The van der Waals surface area contributed by atoms with Crippen LogP contribution in [0.25, 0.3) is 0 Å². The highest BCUT2D eigenvalue weighted by Gasteiger charge is 2.18. The van der Waals surface area contributed by atoms with Crippen LogP contribution in [0, 0.1) is 6.92 Å². The minimum Gasteiger partial charge on any atom is -0.267 e. The minimum absolute atomic E-state index is 0.122. The van der Waals surface area contributed by atoms with Crippen molar-refractivity contribution in [2.24, 2.45) is 0 Å². The Labute approximate surface area is 132 Å². The number of thiazole rings is 1. The van der Waals surface area contributed by atoms with Crippen molar-refractivity contribution in [2.45, 2.75) is 18.4 Å². The number of nitrogens with zero attached hydrogens (tertiary/aromatic N) is 3. The molecule has 114 valence electrons. The van der Waals surface area contributed by atoms with Crippen LogP contribution in [-0.4, -0.2) is 23.2 Å². The molecular formula is C14H14N4O2S2. The molecule has 1 N–H and O–H groups in total.